The summed E-state index contributed by atoms with van der Waals surface area (Å²) in [5.41, 5.74) is 0.968. The van der Waals surface area contributed by atoms with Gasteiger partial charge in [0, 0.05) is 31.8 Å². The monoisotopic (exact) mass is 295 g/mol. The van der Waals surface area contributed by atoms with Crippen LogP contribution in [0.2, 0.25) is 0 Å². The van der Waals surface area contributed by atoms with Crippen LogP contribution in [-0.2, 0) is 9.53 Å². The molecule has 1 aromatic carbocycles. The predicted molar refractivity (Wildman–Crippen MR) is 82.0 cm³/mol. The van der Waals surface area contributed by atoms with Gasteiger partial charge in [0.25, 0.3) is 0 Å². The van der Waals surface area contributed by atoms with E-state index in [1.54, 1.807) is 19.2 Å². The maximum absolute atomic E-state index is 14.2. The molecule has 0 aliphatic rings. The first kappa shape index (κ1) is 17.2. The third kappa shape index (κ3) is 5.55. The van der Waals surface area contributed by atoms with Crippen molar-refractivity contribution in [2.45, 2.75) is 13.8 Å². The van der Waals surface area contributed by atoms with Crippen LogP contribution < -0.4 is 4.90 Å². The molecule has 0 spiro atoms. The van der Waals surface area contributed by atoms with E-state index in [2.05, 4.69) is 0 Å². The number of nitrogens with zero attached hydrogens (tertiary/aromatic N) is 1. The largest absolute Gasteiger partial charge is 0.478 e. The molecular weight excluding hydrogens is 273 g/mol. The Morgan fingerprint density at radius 3 is 2.76 bits per heavy atom. The molecule has 0 radical (unpaired) electrons. The minimum absolute atomic E-state index is 0.345. The molecule has 0 aliphatic heterocycles. The molecule has 0 aliphatic carbocycles. The summed E-state index contributed by atoms with van der Waals surface area (Å²) >= 11 is 0. The smallest absolute Gasteiger partial charge is 0.328 e. The molecule has 1 rings (SSSR count). The van der Waals surface area contributed by atoms with Crippen molar-refractivity contribution >= 4 is 17.7 Å². The van der Waals surface area contributed by atoms with Gasteiger partial charge in [0.2, 0.25) is 0 Å². The third-order valence-electron chi connectivity index (χ3n) is 2.89. The normalized spacial score (nSPS) is 11.3. The highest BCUT2D eigenvalue weighted by molar-refractivity contribution is 5.87. The molecule has 0 unspecified atom stereocenters. The van der Waals surface area contributed by atoms with Gasteiger partial charge in [-0.3, -0.25) is 0 Å². The highest BCUT2D eigenvalue weighted by Crippen LogP contribution is 2.26. The lowest BCUT2D eigenvalue weighted by molar-refractivity contribution is -0.131. The molecular formula is C16H22FNO3. The first-order valence-corrected chi connectivity index (χ1v) is 6.89. The van der Waals surface area contributed by atoms with E-state index in [0.29, 0.717) is 36.9 Å². The van der Waals surface area contributed by atoms with Crippen molar-refractivity contribution in [2.24, 2.45) is 5.92 Å². The summed E-state index contributed by atoms with van der Waals surface area (Å²) in [6.45, 7) is 5.78. The number of ether oxygens (including phenoxy) is 1. The van der Waals surface area contributed by atoms with Gasteiger partial charge in [-0.1, -0.05) is 26.0 Å². The number of hydrogen-bond acceptors (Lipinski definition) is 3. The zero-order valence-electron chi connectivity index (χ0n) is 12.7. The minimum atomic E-state index is -1.06. The van der Waals surface area contributed by atoms with Crippen molar-refractivity contribution in [3.63, 3.8) is 0 Å². The Hall–Kier alpha value is -1.88. The second-order valence-corrected chi connectivity index (χ2v) is 5.18. The summed E-state index contributed by atoms with van der Waals surface area (Å²) in [6.07, 6.45) is 2.43. The van der Waals surface area contributed by atoms with E-state index in [-0.39, 0.29) is 5.82 Å². The number of anilines is 1. The van der Waals surface area contributed by atoms with Gasteiger partial charge < -0.3 is 14.7 Å². The number of carbonyl (C=O) groups is 1. The van der Waals surface area contributed by atoms with E-state index in [1.165, 1.54) is 12.1 Å². The van der Waals surface area contributed by atoms with Gasteiger partial charge in [0.05, 0.1) is 12.3 Å². The molecule has 0 fully saturated rings. The van der Waals surface area contributed by atoms with Gasteiger partial charge in [-0.2, -0.15) is 0 Å². The molecule has 0 amide bonds. The van der Waals surface area contributed by atoms with Crippen LogP contribution in [0.1, 0.15) is 19.4 Å². The van der Waals surface area contributed by atoms with Crippen molar-refractivity contribution in [1.82, 2.24) is 0 Å². The molecule has 21 heavy (non-hydrogen) atoms. The van der Waals surface area contributed by atoms with E-state index in [0.717, 1.165) is 6.08 Å². The fraction of sp³-hybridized carbons (Fsp3) is 0.438. The number of methoxy groups -OCH3 is 1. The van der Waals surface area contributed by atoms with Crippen LogP contribution in [0.5, 0.6) is 0 Å². The first-order valence-electron chi connectivity index (χ1n) is 6.89. The highest BCUT2D eigenvalue weighted by atomic mass is 19.1. The maximum atomic E-state index is 14.2. The number of aliphatic carboxylic acids is 1. The van der Waals surface area contributed by atoms with E-state index >= 15 is 0 Å². The summed E-state index contributed by atoms with van der Waals surface area (Å²) in [5.74, 6) is -1.07. The van der Waals surface area contributed by atoms with Gasteiger partial charge in [-0.05, 0) is 18.1 Å². The average Bonchev–Trinajstić information content (AvgIpc) is 2.41. The Morgan fingerprint density at radius 1 is 1.48 bits per heavy atom. The van der Waals surface area contributed by atoms with Crippen LogP contribution in [0, 0.1) is 11.7 Å². The predicted octanol–water partition coefficient (Wildman–Crippen LogP) is 3.03. The van der Waals surface area contributed by atoms with Gasteiger partial charge >= 0.3 is 5.97 Å². The second-order valence-electron chi connectivity index (χ2n) is 5.18. The summed E-state index contributed by atoms with van der Waals surface area (Å²) < 4.78 is 19.3. The Bertz CT molecular complexity index is 500. The third-order valence-corrected chi connectivity index (χ3v) is 2.89. The molecule has 4 nitrogen and oxygen atoms in total. The molecule has 0 heterocycles. The summed E-state index contributed by atoms with van der Waals surface area (Å²) in [4.78, 5) is 12.6. The van der Waals surface area contributed by atoms with E-state index in [1.807, 2.05) is 18.7 Å². The molecule has 0 aromatic heterocycles. The Kier molecular flexibility index (Phi) is 6.88. The number of halogens is 1. The number of carboxylic acid groups (broad SMARTS) is 1. The van der Waals surface area contributed by atoms with Crippen LogP contribution in [0.4, 0.5) is 10.1 Å². The second kappa shape index (κ2) is 8.42. The zero-order valence-corrected chi connectivity index (χ0v) is 12.7. The van der Waals surface area contributed by atoms with Crippen LogP contribution in [-0.4, -0.2) is 37.9 Å². The lowest BCUT2D eigenvalue weighted by Gasteiger charge is -2.28. The number of carboxylic acids is 1. The van der Waals surface area contributed by atoms with Crippen LogP contribution in [0.15, 0.2) is 24.3 Å². The lowest BCUT2D eigenvalue weighted by atomic mass is 10.1. The summed E-state index contributed by atoms with van der Waals surface area (Å²) in [6, 6.07) is 4.66. The number of hydrogen-bond donors (Lipinski definition) is 1. The minimum Gasteiger partial charge on any atom is -0.478 e. The van der Waals surface area contributed by atoms with Crippen LogP contribution in [0.25, 0.3) is 6.08 Å². The van der Waals surface area contributed by atoms with Crippen molar-refractivity contribution < 1.29 is 19.0 Å². The van der Waals surface area contributed by atoms with Crippen molar-refractivity contribution in [1.29, 1.82) is 0 Å². The van der Waals surface area contributed by atoms with Crippen LogP contribution >= 0.6 is 0 Å². The van der Waals surface area contributed by atoms with Crippen molar-refractivity contribution in [3.8, 4) is 0 Å². The SMILES string of the molecule is COCCN(CC(C)C)c1c(F)cccc1/C=C/C(=O)O. The zero-order chi connectivity index (χ0) is 15.8. The van der Waals surface area contributed by atoms with Gasteiger partial charge in [-0.15, -0.1) is 0 Å². The molecule has 116 valence electrons. The molecule has 5 heteroatoms. The molecule has 0 bridgehead atoms. The summed E-state index contributed by atoms with van der Waals surface area (Å²) in [7, 11) is 1.60. The van der Waals surface area contributed by atoms with E-state index < -0.39 is 5.97 Å². The number of rotatable bonds is 8. The molecule has 0 saturated heterocycles. The average molecular weight is 295 g/mol. The Morgan fingerprint density at radius 2 is 2.19 bits per heavy atom. The number of para-hydroxylation sites is 1. The fourth-order valence-electron chi connectivity index (χ4n) is 2.10. The van der Waals surface area contributed by atoms with Gasteiger partial charge in [-0.25, -0.2) is 9.18 Å². The summed E-state index contributed by atoms with van der Waals surface area (Å²) in [5, 5.41) is 8.75. The Labute approximate surface area is 124 Å². The first-order chi connectivity index (χ1) is 9.95. The van der Waals surface area contributed by atoms with Gasteiger partial charge in [0.15, 0.2) is 0 Å². The molecule has 1 N–H and O–H groups in total. The molecule has 1 aromatic rings. The maximum Gasteiger partial charge on any atom is 0.328 e. The van der Waals surface area contributed by atoms with E-state index in [4.69, 9.17) is 9.84 Å². The van der Waals surface area contributed by atoms with Crippen molar-refractivity contribution in [3.05, 3.63) is 35.7 Å². The van der Waals surface area contributed by atoms with Gasteiger partial charge in [0.1, 0.15) is 5.82 Å². The topological polar surface area (TPSA) is 49.8 Å². The van der Waals surface area contributed by atoms with E-state index in [9.17, 15) is 9.18 Å². The lowest BCUT2D eigenvalue weighted by Crippen LogP contribution is -2.32. The molecule has 0 atom stereocenters. The highest BCUT2D eigenvalue weighted by Gasteiger charge is 2.16. The fourth-order valence-corrected chi connectivity index (χ4v) is 2.10. The standard InChI is InChI=1S/C16H22FNO3/c1-12(2)11-18(9-10-21-3)16-13(7-8-15(19)20)5-4-6-14(16)17/h4-8,12H,9-11H2,1-3H3,(H,19,20)/b8-7+. The molecule has 0 saturated carbocycles. The quantitative estimate of drug-likeness (QED) is 0.749. The van der Waals surface area contributed by atoms with Crippen LogP contribution in [0.3, 0.4) is 0 Å². The Balaban J connectivity index is 3.17. The number of benzene rings is 1. The van der Waals surface area contributed by atoms with Crippen molar-refractivity contribution in [2.75, 3.05) is 31.7 Å².